The van der Waals surface area contributed by atoms with Crippen LogP contribution in [0.4, 0.5) is 11.4 Å². The molecule has 1 fully saturated rings. The lowest BCUT2D eigenvalue weighted by atomic mass is 10.0. The molecule has 1 aliphatic rings. The van der Waals surface area contributed by atoms with Gasteiger partial charge in [0.2, 0.25) is 10.0 Å². The Bertz CT molecular complexity index is 1560. The lowest BCUT2D eigenvalue weighted by Gasteiger charge is -2.29. The van der Waals surface area contributed by atoms with Crippen molar-refractivity contribution in [1.29, 1.82) is 0 Å². The zero-order valence-corrected chi connectivity index (χ0v) is 23.6. The summed E-state index contributed by atoms with van der Waals surface area (Å²) in [5, 5.41) is 2.74. The molecule has 0 aromatic heterocycles. The summed E-state index contributed by atoms with van der Waals surface area (Å²) in [6.07, 6.45) is 1.62. The quantitative estimate of drug-likeness (QED) is 0.422. The number of rotatable bonds is 7. The molecule has 4 rings (SSSR count). The minimum atomic E-state index is -3.82. The monoisotopic (exact) mass is 555 g/mol. The van der Waals surface area contributed by atoms with E-state index in [2.05, 4.69) is 17.0 Å². The molecule has 1 saturated heterocycles. The molecule has 3 aromatic carbocycles. The molecule has 2 N–H and O–H groups in total. The van der Waals surface area contributed by atoms with Crippen molar-refractivity contribution in [2.24, 2.45) is 5.92 Å². The van der Waals surface area contributed by atoms with Crippen LogP contribution in [-0.2, 0) is 20.0 Å². The minimum Gasteiger partial charge on any atom is -0.322 e. The molecule has 1 aliphatic heterocycles. The fourth-order valence-corrected chi connectivity index (χ4v) is 6.86. The number of nitrogens with one attached hydrogen (secondary N) is 2. The molecule has 1 heterocycles. The molecule has 0 saturated carbocycles. The molecular weight excluding hydrogens is 522 g/mol. The van der Waals surface area contributed by atoms with Crippen molar-refractivity contribution in [3.05, 3.63) is 82.9 Å². The first kappa shape index (κ1) is 27.8. The Hall–Kier alpha value is -3.21. The molecule has 0 bridgehead atoms. The number of sulfonamides is 2. The molecule has 10 heteroatoms. The summed E-state index contributed by atoms with van der Waals surface area (Å²) in [6, 6.07) is 15.7. The summed E-state index contributed by atoms with van der Waals surface area (Å²) >= 11 is 0. The van der Waals surface area contributed by atoms with Crippen molar-refractivity contribution in [3.8, 4) is 0 Å². The lowest BCUT2D eigenvalue weighted by Crippen LogP contribution is -2.38. The maximum Gasteiger partial charge on any atom is 0.261 e. The summed E-state index contributed by atoms with van der Waals surface area (Å²) in [4.78, 5) is 13.2. The Morgan fingerprint density at radius 2 is 1.34 bits per heavy atom. The van der Waals surface area contributed by atoms with Gasteiger partial charge in [-0.2, -0.15) is 4.31 Å². The number of piperidine rings is 1. The van der Waals surface area contributed by atoms with Crippen LogP contribution in [0.2, 0.25) is 0 Å². The van der Waals surface area contributed by atoms with E-state index in [-0.39, 0.29) is 15.4 Å². The minimum absolute atomic E-state index is 0.0499. The van der Waals surface area contributed by atoms with Crippen LogP contribution >= 0.6 is 0 Å². The highest BCUT2D eigenvalue weighted by atomic mass is 32.2. The Kier molecular flexibility index (Phi) is 7.96. The largest absolute Gasteiger partial charge is 0.322 e. The van der Waals surface area contributed by atoms with E-state index in [4.69, 9.17) is 0 Å². The van der Waals surface area contributed by atoms with Crippen molar-refractivity contribution >= 4 is 37.3 Å². The molecule has 38 heavy (non-hydrogen) atoms. The first-order chi connectivity index (χ1) is 17.9. The molecule has 0 aliphatic carbocycles. The van der Waals surface area contributed by atoms with Gasteiger partial charge in [-0.1, -0.05) is 19.1 Å². The van der Waals surface area contributed by atoms with E-state index in [1.54, 1.807) is 25.1 Å². The molecule has 8 nitrogen and oxygen atoms in total. The number of benzene rings is 3. The third-order valence-corrected chi connectivity index (χ3v) is 10.3. The van der Waals surface area contributed by atoms with Crippen molar-refractivity contribution in [2.75, 3.05) is 23.1 Å². The predicted molar refractivity (Wildman–Crippen MR) is 149 cm³/mol. The van der Waals surface area contributed by atoms with Crippen LogP contribution in [0.1, 0.15) is 46.8 Å². The molecule has 0 radical (unpaired) electrons. The van der Waals surface area contributed by atoms with Crippen LogP contribution in [-0.4, -0.2) is 40.1 Å². The van der Waals surface area contributed by atoms with E-state index in [1.165, 1.54) is 40.7 Å². The second-order valence-corrected chi connectivity index (χ2v) is 13.6. The normalized spacial score (nSPS) is 15.3. The fourth-order valence-electron chi connectivity index (χ4n) is 4.32. The number of anilines is 2. The van der Waals surface area contributed by atoms with Gasteiger partial charge in [0.1, 0.15) is 0 Å². The Labute approximate surface area is 225 Å². The first-order valence-corrected chi connectivity index (χ1v) is 15.4. The molecule has 0 spiro atoms. The van der Waals surface area contributed by atoms with E-state index < -0.39 is 26.0 Å². The summed E-state index contributed by atoms with van der Waals surface area (Å²) in [6.45, 7) is 8.64. The van der Waals surface area contributed by atoms with Crippen LogP contribution in [0.15, 0.2) is 70.5 Å². The van der Waals surface area contributed by atoms with Gasteiger partial charge >= 0.3 is 0 Å². The highest BCUT2D eigenvalue weighted by Crippen LogP contribution is 2.26. The zero-order chi connectivity index (χ0) is 27.7. The number of nitrogens with zero attached hydrogens (tertiary/aromatic N) is 1. The summed E-state index contributed by atoms with van der Waals surface area (Å²) in [7, 11) is -7.52. The van der Waals surface area contributed by atoms with Crippen LogP contribution in [0, 0.1) is 26.7 Å². The van der Waals surface area contributed by atoms with Crippen LogP contribution in [0.3, 0.4) is 0 Å². The van der Waals surface area contributed by atoms with Gasteiger partial charge < -0.3 is 5.32 Å². The van der Waals surface area contributed by atoms with E-state index in [9.17, 15) is 21.6 Å². The number of carbonyl (C=O) groups is 1. The van der Waals surface area contributed by atoms with Gasteiger partial charge in [-0.25, -0.2) is 16.8 Å². The summed E-state index contributed by atoms with van der Waals surface area (Å²) < 4.78 is 56.0. The number of aryl methyl sites for hydroxylation is 3. The standard InChI is InChI=1S/C28H33N3O5S2/c1-19-13-15-31(16-14-19)38(35,36)26-10-6-21(3)27(18-26)28(32)29-23-8-11-25(12-9-23)37(33,34)30-24-7-5-20(2)22(4)17-24/h5-12,17-19,30H,13-16H2,1-4H3,(H,29,32). The predicted octanol–water partition coefficient (Wildman–Crippen LogP) is 5.09. The van der Waals surface area contributed by atoms with Crippen molar-refractivity contribution in [1.82, 2.24) is 4.31 Å². The SMILES string of the molecule is Cc1ccc(NS(=O)(=O)c2ccc(NC(=O)c3cc(S(=O)(=O)N4CCC(C)CC4)ccc3C)cc2)cc1C. The average molecular weight is 556 g/mol. The zero-order valence-electron chi connectivity index (χ0n) is 22.0. The second kappa shape index (κ2) is 10.9. The van der Waals surface area contributed by atoms with E-state index in [0.29, 0.717) is 35.9 Å². The molecule has 0 atom stereocenters. The number of hydrogen-bond donors (Lipinski definition) is 2. The molecular formula is C28H33N3O5S2. The van der Waals surface area contributed by atoms with Gasteiger partial charge in [0.15, 0.2) is 0 Å². The highest BCUT2D eigenvalue weighted by Gasteiger charge is 2.29. The maximum absolute atomic E-state index is 13.2. The van der Waals surface area contributed by atoms with Gasteiger partial charge in [-0.15, -0.1) is 0 Å². The van der Waals surface area contributed by atoms with E-state index >= 15 is 0 Å². The third kappa shape index (κ3) is 6.09. The van der Waals surface area contributed by atoms with Crippen LogP contribution in [0.5, 0.6) is 0 Å². The molecule has 0 unspecified atom stereocenters. The van der Waals surface area contributed by atoms with Crippen molar-refractivity contribution < 1.29 is 21.6 Å². The van der Waals surface area contributed by atoms with E-state index in [0.717, 1.165) is 24.0 Å². The Morgan fingerprint density at radius 1 is 0.763 bits per heavy atom. The van der Waals surface area contributed by atoms with Crippen molar-refractivity contribution in [3.63, 3.8) is 0 Å². The molecule has 3 aromatic rings. The molecule has 1 amide bonds. The molecule has 202 valence electrons. The van der Waals surface area contributed by atoms with Gasteiger partial charge in [0.25, 0.3) is 15.9 Å². The average Bonchev–Trinajstić information content (AvgIpc) is 2.87. The summed E-state index contributed by atoms with van der Waals surface area (Å²) in [5.41, 5.74) is 3.76. The van der Waals surface area contributed by atoms with Gasteiger partial charge in [-0.3, -0.25) is 9.52 Å². The fraction of sp³-hybridized carbons (Fsp3) is 0.321. The van der Waals surface area contributed by atoms with Crippen LogP contribution in [0.25, 0.3) is 0 Å². The topological polar surface area (TPSA) is 113 Å². The number of amides is 1. The van der Waals surface area contributed by atoms with Crippen LogP contribution < -0.4 is 10.0 Å². The summed E-state index contributed by atoms with van der Waals surface area (Å²) in [5.74, 6) is 0.0143. The highest BCUT2D eigenvalue weighted by molar-refractivity contribution is 7.92. The lowest BCUT2D eigenvalue weighted by molar-refractivity contribution is 0.102. The van der Waals surface area contributed by atoms with Gasteiger partial charge in [-0.05, 0) is 105 Å². The first-order valence-electron chi connectivity index (χ1n) is 12.5. The Balaban J connectivity index is 1.49. The van der Waals surface area contributed by atoms with Crippen molar-refractivity contribution in [2.45, 2.75) is 50.3 Å². The van der Waals surface area contributed by atoms with E-state index in [1.807, 2.05) is 19.9 Å². The third-order valence-electron chi connectivity index (χ3n) is 7.02. The second-order valence-electron chi connectivity index (χ2n) is 9.95. The Morgan fingerprint density at radius 3 is 1.97 bits per heavy atom. The number of hydrogen-bond acceptors (Lipinski definition) is 5. The smallest absolute Gasteiger partial charge is 0.261 e. The van der Waals surface area contributed by atoms with Gasteiger partial charge in [0, 0.05) is 30.0 Å². The number of carbonyl (C=O) groups excluding carboxylic acids is 1. The van der Waals surface area contributed by atoms with Gasteiger partial charge in [0.05, 0.1) is 9.79 Å². The maximum atomic E-state index is 13.2.